The van der Waals surface area contributed by atoms with Crippen molar-refractivity contribution in [1.29, 1.82) is 0 Å². The molecule has 11 heteroatoms. The molecule has 196 valence electrons. The van der Waals surface area contributed by atoms with Crippen LogP contribution in [-0.2, 0) is 25.7 Å². The Bertz CT molecular complexity index is 1400. The molecule has 1 aliphatic rings. The Kier molecular flexibility index (Phi) is 6.78. The topological polar surface area (TPSA) is 51.1 Å². The quantitative estimate of drug-likeness (QED) is 0.270. The predicted octanol–water partition coefficient (Wildman–Crippen LogP) is 6.68. The van der Waals surface area contributed by atoms with E-state index in [0.717, 1.165) is 35.5 Å². The third-order valence-corrected chi connectivity index (χ3v) is 6.10. The van der Waals surface area contributed by atoms with E-state index < -0.39 is 18.1 Å². The Labute approximate surface area is 213 Å². The number of benzene rings is 2. The van der Waals surface area contributed by atoms with E-state index >= 15 is 0 Å². The maximum absolute atomic E-state index is 12.8. The van der Waals surface area contributed by atoms with Crippen LogP contribution in [0.4, 0.5) is 26.3 Å². The van der Waals surface area contributed by atoms with Gasteiger partial charge in [-0.25, -0.2) is 9.97 Å². The minimum atomic E-state index is -4.74. The number of pyridine rings is 1. The van der Waals surface area contributed by atoms with Gasteiger partial charge in [0.05, 0.1) is 17.0 Å². The van der Waals surface area contributed by atoms with Crippen molar-refractivity contribution < 1.29 is 31.1 Å². The molecular formula is C27H20F6N4O. The Morgan fingerprint density at radius 3 is 2.13 bits per heavy atom. The molecule has 0 saturated carbocycles. The van der Waals surface area contributed by atoms with Gasteiger partial charge in [-0.1, -0.05) is 18.2 Å². The van der Waals surface area contributed by atoms with Gasteiger partial charge in [-0.3, -0.25) is 9.88 Å². The molecule has 0 radical (unpaired) electrons. The van der Waals surface area contributed by atoms with E-state index in [1.807, 2.05) is 12.1 Å². The Morgan fingerprint density at radius 2 is 1.50 bits per heavy atom. The van der Waals surface area contributed by atoms with Crippen LogP contribution in [-0.4, -0.2) is 32.8 Å². The largest absolute Gasteiger partial charge is 0.573 e. The van der Waals surface area contributed by atoms with Crippen LogP contribution in [0.1, 0.15) is 22.4 Å². The van der Waals surface area contributed by atoms with Crippen molar-refractivity contribution in [2.45, 2.75) is 32.0 Å². The fraction of sp³-hybridized carbons (Fsp3) is 0.222. The normalized spacial score (nSPS) is 14.3. The lowest BCUT2D eigenvalue weighted by Crippen LogP contribution is -2.31. The molecule has 3 heterocycles. The Morgan fingerprint density at radius 1 is 0.789 bits per heavy atom. The van der Waals surface area contributed by atoms with Crippen molar-refractivity contribution in [1.82, 2.24) is 19.9 Å². The molecule has 0 spiro atoms. The van der Waals surface area contributed by atoms with Crippen LogP contribution in [0.25, 0.3) is 22.6 Å². The maximum Gasteiger partial charge on any atom is 0.573 e. The van der Waals surface area contributed by atoms with E-state index in [1.54, 1.807) is 12.4 Å². The summed E-state index contributed by atoms with van der Waals surface area (Å²) in [5, 5.41) is 0. The minimum Gasteiger partial charge on any atom is -0.406 e. The molecule has 0 aliphatic carbocycles. The first-order valence-electron chi connectivity index (χ1n) is 11.6. The predicted molar refractivity (Wildman–Crippen MR) is 127 cm³/mol. The second-order valence-electron chi connectivity index (χ2n) is 8.83. The van der Waals surface area contributed by atoms with Gasteiger partial charge in [0.2, 0.25) is 0 Å². The van der Waals surface area contributed by atoms with Crippen LogP contribution in [0.5, 0.6) is 5.75 Å². The van der Waals surface area contributed by atoms with Gasteiger partial charge in [-0.2, -0.15) is 13.2 Å². The number of hydrogen-bond donors (Lipinski definition) is 0. The van der Waals surface area contributed by atoms with Crippen LogP contribution in [0.2, 0.25) is 0 Å². The number of fused-ring (bicyclic) bond motifs is 1. The first kappa shape index (κ1) is 25.7. The summed E-state index contributed by atoms with van der Waals surface area (Å²) in [5.74, 6) is 0.0995. The molecule has 0 bridgehead atoms. The van der Waals surface area contributed by atoms with Crippen molar-refractivity contribution in [2.24, 2.45) is 0 Å². The minimum absolute atomic E-state index is 0.293. The molecule has 2 aromatic carbocycles. The summed E-state index contributed by atoms with van der Waals surface area (Å²) >= 11 is 0. The van der Waals surface area contributed by atoms with Gasteiger partial charge in [0.15, 0.2) is 5.82 Å². The van der Waals surface area contributed by atoms with Gasteiger partial charge in [-0.15, -0.1) is 13.2 Å². The highest BCUT2D eigenvalue weighted by atomic mass is 19.4. The molecule has 1 aliphatic heterocycles. The molecule has 0 atom stereocenters. The smallest absolute Gasteiger partial charge is 0.406 e. The van der Waals surface area contributed by atoms with Gasteiger partial charge in [0.25, 0.3) is 0 Å². The monoisotopic (exact) mass is 530 g/mol. The lowest BCUT2D eigenvalue weighted by atomic mass is 10.1. The van der Waals surface area contributed by atoms with Gasteiger partial charge in [-0.05, 0) is 48.0 Å². The van der Waals surface area contributed by atoms with E-state index in [2.05, 4.69) is 24.6 Å². The van der Waals surface area contributed by atoms with Gasteiger partial charge >= 0.3 is 12.5 Å². The Balaban J connectivity index is 1.21. The van der Waals surface area contributed by atoms with Gasteiger partial charge in [0, 0.05) is 55.1 Å². The van der Waals surface area contributed by atoms with Crippen LogP contribution in [0.15, 0.2) is 73.1 Å². The summed E-state index contributed by atoms with van der Waals surface area (Å²) in [6, 6.07) is 14.1. The number of rotatable bonds is 5. The highest BCUT2D eigenvalue weighted by Gasteiger charge is 2.31. The lowest BCUT2D eigenvalue weighted by Gasteiger charge is -2.28. The maximum atomic E-state index is 12.8. The summed E-state index contributed by atoms with van der Waals surface area (Å²) in [5.41, 5.74) is 3.90. The number of aromatic nitrogens is 3. The number of ether oxygens (including phenoxy) is 1. The number of alkyl halides is 6. The molecule has 4 aromatic rings. The van der Waals surface area contributed by atoms with Crippen molar-refractivity contribution in [3.8, 4) is 28.4 Å². The second kappa shape index (κ2) is 10.1. The van der Waals surface area contributed by atoms with Crippen LogP contribution < -0.4 is 4.74 Å². The highest BCUT2D eigenvalue weighted by molar-refractivity contribution is 5.60. The standard InChI is InChI=1S/C27H20F6N4O/c28-26(29,30)21-6-2-19(3-7-21)25-35-14-20-16-37(12-11-24(20)36-25)15-17-1-10-23(34-13-17)18-4-8-22(9-5-18)38-27(31,32)33/h1-10,13-14H,11-12,15-16H2. The summed E-state index contributed by atoms with van der Waals surface area (Å²) in [6.45, 7) is 1.98. The SMILES string of the molecule is FC(F)(F)Oc1ccc(-c2ccc(CN3CCc4nc(-c5ccc(C(F)(F)F)cc5)ncc4C3)cn2)cc1. The third-order valence-electron chi connectivity index (χ3n) is 6.10. The zero-order valence-electron chi connectivity index (χ0n) is 19.7. The van der Waals surface area contributed by atoms with E-state index in [9.17, 15) is 26.3 Å². The van der Waals surface area contributed by atoms with Crippen molar-refractivity contribution in [3.05, 3.63) is 95.4 Å². The number of nitrogens with zero attached hydrogens (tertiary/aromatic N) is 4. The summed E-state index contributed by atoms with van der Waals surface area (Å²) < 4.78 is 79.4. The molecular weight excluding hydrogens is 510 g/mol. The molecule has 0 fully saturated rings. The Hall–Kier alpha value is -3.99. The summed E-state index contributed by atoms with van der Waals surface area (Å²) in [4.78, 5) is 15.6. The van der Waals surface area contributed by atoms with E-state index in [-0.39, 0.29) is 5.75 Å². The molecule has 5 rings (SSSR count). The second-order valence-corrected chi connectivity index (χ2v) is 8.83. The number of hydrogen-bond acceptors (Lipinski definition) is 5. The summed E-state index contributed by atoms with van der Waals surface area (Å²) in [7, 11) is 0. The molecule has 5 nitrogen and oxygen atoms in total. The molecule has 0 unspecified atom stereocenters. The first-order valence-corrected chi connectivity index (χ1v) is 11.6. The molecule has 0 amide bonds. The van der Waals surface area contributed by atoms with E-state index in [4.69, 9.17) is 0 Å². The van der Waals surface area contributed by atoms with Crippen LogP contribution in [0.3, 0.4) is 0 Å². The van der Waals surface area contributed by atoms with E-state index in [1.165, 1.54) is 36.4 Å². The molecule has 38 heavy (non-hydrogen) atoms. The van der Waals surface area contributed by atoms with Gasteiger partial charge < -0.3 is 4.74 Å². The zero-order valence-corrected chi connectivity index (χ0v) is 19.7. The van der Waals surface area contributed by atoms with Gasteiger partial charge in [0.1, 0.15) is 5.75 Å². The fourth-order valence-electron chi connectivity index (χ4n) is 4.23. The average molecular weight is 530 g/mol. The van der Waals surface area contributed by atoms with Crippen LogP contribution >= 0.6 is 0 Å². The zero-order chi connectivity index (χ0) is 26.9. The molecule has 0 N–H and O–H groups in total. The van der Waals surface area contributed by atoms with Crippen molar-refractivity contribution in [2.75, 3.05) is 6.54 Å². The fourth-order valence-corrected chi connectivity index (χ4v) is 4.23. The average Bonchev–Trinajstić information content (AvgIpc) is 2.88. The molecule has 0 saturated heterocycles. The first-order chi connectivity index (χ1) is 18.0. The van der Waals surface area contributed by atoms with Crippen LogP contribution in [0, 0.1) is 0 Å². The van der Waals surface area contributed by atoms with Crippen molar-refractivity contribution >= 4 is 0 Å². The lowest BCUT2D eigenvalue weighted by molar-refractivity contribution is -0.274. The highest BCUT2D eigenvalue weighted by Crippen LogP contribution is 2.31. The van der Waals surface area contributed by atoms with Crippen molar-refractivity contribution in [3.63, 3.8) is 0 Å². The third kappa shape index (κ3) is 6.10. The number of halogens is 6. The summed E-state index contributed by atoms with van der Waals surface area (Å²) in [6.07, 6.45) is -5.01. The molecule has 2 aromatic heterocycles. The van der Waals surface area contributed by atoms with E-state index in [0.29, 0.717) is 42.2 Å².